The lowest BCUT2D eigenvalue weighted by Crippen LogP contribution is -2.39. The minimum absolute atomic E-state index is 0. The van der Waals surface area contributed by atoms with Gasteiger partial charge in [-0.15, -0.1) is 35.3 Å². The number of amides is 1. The van der Waals surface area contributed by atoms with E-state index in [1.165, 1.54) is 15.3 Å². The van der Waals surface area contributed by atoms with Crippen LogP contribution >= 0.6 is 35.3 Å². The fourth-order valence-corrected chi connectivity index (χ4v) is 3.11. The second-order valence-corrected chi connectivity index (χ2v) is 7.41. The molecule has 1 aromatic carbocycles. The van der Waals surface area contributed by atoms with Crippen LogP contribution in [0.4, 0.5) is 0 Å². The molecule has 0 aliphatic carbocycles. The van der Waals surface area contributed by atoms with Crippen LogP contribution in [0.5, 0.6) is 5.75 Å². The molecule has 0 saturated heterocycles. The number of hydrogen-bond donors (Lipinski definition) is 2. The van der Waals surface area contributed by atoms with Gasteiger partial charge in [-0.05, 0) is 36.4 Å². The van der Waals surface area contributed by atoms with Crippen molar-refractivity contribution in [2.24, 2.45) is 4.99 Å². The number of nitrogens with zero attached hydrogens (tertiary/aromatic N) is 2. The summed E-state index contributed by atoms with van der Waals surface area (Å²) in [5.41, 5.74) is 2.35. The second-order valence-electron chi connectivity index (χ2n) is 6.38. The lowest BCUT2D eigenvalue weighted by atomic mass is 10.1. The molecule has 1 aromatic heterocycles. The standard InChI is InChI=1S/C20H28N4O2S.HI/c1-15-7-8-18(26-4)16(12-15)9-10-21-20(23-14-19(25)24(2)3)22-13-17-6-5-11-27-17;/h5-8,11-12H,9-10,13-14H2,1-4H3,(H2,21,22,23);1H. The molecule has 0 aliphatic heterocycles. The van der Waals surface area contributed by atoms with Gasteiger partial charge in [0.05, 0.1) is 13.7 Å². The van der Waals surface area contributed by atoms with E-state index >= 15 is 0 Å². The van der Waals surface area contributed by atoms with Crippen LogP contribution in [0.15, 0.2) is 40.7 Å². The topological polar surface area (TPSA) is 66.0 Å². The lowest BCUT2D eigenvalue weighted by molar-refractivity contribution is -0.127. The van der Waals surface area contributed by atoms with Gasteiger partial charge < -0.3 is 20.3 Å². The fourth-order valence-electron chi connectivity index (χ4n) is 2.46. The van der Waals surface area contributed by atoms with Crippen molar-refractivity contribution in [3.05, 3.63) is 51.7 Å². The summed E-state index contributed by atoms with van der Waals surface area (Å²) in [5, 5.41) is 8.65. The van der Waals surface area contributed by atoms with E-state index in [4.69, 9.17) is 4.74 Å². The highest BCUT2D eigenvalue weighted by molar-refractivity contribution is 14.0. The Hall–Kier alpha value is -1.81. The smallest absolute Gasteiger partial charge is 0.243 e. The first-order valence-electron chi connectivity index (χ1n) is 8.88. The Balaban J connectivity index is 0.00000392. The summed E-state index contributed by atoms with van der Waals surface area (Å²) in [6.45, 7) is 3.54. The summed E-state index contributed by atoms with van der Waals surface area (Å²) in [6, 6.07) is 10.2. The zero-order valence-electron chi connectivity index (χ0n) is 16.8. The van der Waals surface area contributed by atoms with Crippen LogP contribution in [-0.4, -0.2) is 51.1 Å². The monoisotopic (exact) mass is 516 g/mol. The Kier molecular flexibility index (Phi) is 10.9. The van der Waals surface area contributed by atoms with Gasteiger partial charge in [-0.2, -0.15) is 0 Å². The zero-order chi connectivity index (χ0) is 19.6. The molecule has 2 rings (SSSR count). The van der Waals surface area contributed by atoms with E-state index in [0.717, 1.165) is 17.7 Å². The van der Waals surface area contributed by atoms with Crippen molar-refractivity contribution in [3.8, 4) is 5.75 Å². The largest absolute Gasteiger partial charge is 0.496 e. The van der Waals surface area contributed by atoms with Crippen molar-refractivity contribution in [1.29, 1.82) is 0 Å². The summed E-state index contributed by atoms with van der Waals surface area (Å²) in [6.07, 6.45) is 0.798. The number of ether oxygens (including phenoxy) is 1. The van der Waals surface area contributed by atoms with Crippen molar-refractivity contribution in [3.63, 3.8) is 0 Å². The van der Waals surface area contributed by atoms with Crippen molar-refractivity contribution in [2.75, 3.05) is 34.3 Å². The number of methoxy groups -OCH3 is 1. The number of aliphatic imine (C=N–C) groups is 1. The number of hydrogen-bond acceptors (Lipinski definition) is 4. The molecule has 28 heavy (non-hydrogen) atoms. The van der Waals surface area contributed by atoms with Gasteiger partial charge in [0, 0.05) is 25.5 Å². The highest BCUT2D eigenvalue weighted by Gasteiger charge is 2.07. The summed E-state index contributed by atoms with van der Waals surface area (Å²) < 4.78 is 5.44. The van der Waals surface area contributed by atoms with Crippen molar-refractivity contribution in [2.45, 2.75) is 19.9 Å². The van der Waals surface area contributed by atoms with Gasteiger partial charge >= 0.3 is 0 Å². The van der Waals surface area contributed by atoms with Gasteiger partial charge in [-0.3, -0.25) is 4.79 Å². The number of carbonyl (C=O) groups excluding carboxylic acids is 1. The molecular weight excluding hydrogens is 487 g/mol. The minimum atomic E-state index is -0.0347. The van der Waals surface area contributed by atoms with Crippen LogP contribution < -0.4 is 15.4 Å². The zero-order valence-corrected chi connectivity index (χ0v) is 20.0. The molecule has 1 heterocycles. The third-order valence-electron chi connectivity index (χ3n) is 4.00. The maximum Gasteiger partial charge on any atom is 0.243 e. The highest BCUT2D eigenvalue weighted by atomic mass is 127. The number of aryl methyl sites for hydroxylation is 1. The highest BCUT2D eigenvalue weighted by Crippen LogP contribution is 2.19. The molecule has 154 valence electrons. The quantitative estimate of drug-likeness (QED) is 0.322. The normalized spacial score (nSPS) is 10.8. The molecule has 6 nitrogen and oxygen atoms in total. The predicted molar refractivity (Wildman–Crippen MR) is 127 cm³/mol. The Labute approximate surface area is 188 Å². The van der Waals surface area contributed by atoms with Gasteiger partial charge in [-0.25, -0.2) is 4.99 Å². The first-order valence-corrected chi connectivity index (χ1v) is 9.75. The van der Waals surface area contributed by atoms with Crippen molar-refractivity contribution >= 4 is 47.2 Å². The molecule has 0 unspecified atom stereocenters. The molecule has 0 aliphatic rings. The second kappa shape index (κ2) is 12.6. The summed E-state index contributed by atoms with van der Waals surface area (Å²) in [4.78, 5) is 19.0. The van der Waals surface area contributed by atoms with Gasteiger partial charge in [0.25, 0.3) is 0 Å². The molecule has 0 radical (unpaired) electrons. The molecule has 0 saturated carbocycles. The lowest BCUT2D eigenvalue weighted by Gasteiger charge is -2.14. The van der Waals surface area contributed by atoms with Crippen LogP contribution in [0.25, 0.3) is 0 Å². The SMILES string of the molecule is COc1ccc(C)cc1CCNC(=NCC(=O)N(C)C)NCc1cccs1.I. The number of rotatable bonds is 8. The van der Waals surface area contributed by atoms with Crippen LogP contribution in [0.3, 0.4) is 0 Å². The maximum absolute atomic E-state index is 11.8. The Morgan fingerprint density at radius 3 is 2.68 bits per heavy atom. The Bertz CT molecular complexity index is 764. The van der Waals surface area contributed by atoms with Crippen LogP contribution in [0, 0.1) is 6.92 Å². The first kappa shape index (κ1) is 24.2. The van der Waals surface area contributed by atoms with Crippen molar-refractivity contribution < 1.29 is 9.53 Å². The molecule has 1 amide bonds. The number of guanidine groups is 1. The van der Waals surface area contributed by atoms with E-state index in [1.54, 1.807) is 32.5 Å². The van der Waals surface area contributed by atoms with E-state index in [0.29, 0.717) is 19.0 Å². The van der Waals surface area contributed by atoms with Gasteiger partial charge in [0.2, 0.25) is 5.91 Å². The average Bonchev–Trinajstić information content (AvgIpc) is 3.16. The summed E-state index contributed by atoms with van der Waals surface area (Å²) >= 11 is 1.68. The van der Waals surface area contributed by atoms with E-state index in [9.17, 15) is 4.79 Å². The van der Waals surface area contributed by atoms with Gasteiger partial charge in [0.1, 0.15) is 12.3 Å². The van der Waals surface area contributed by atoms with Crippen LogP contribution in [0.2, 0.25) is 0 Å². The van der Waals surface area contributed by atoms with E-state index in [1.807, 2.05) is 23.6 Å². The molecule has 0 fully saturated rings. The predicted octanol–water partition coefficient (Wildman–Crippen LogP) is 3.05. The number of likely N-dealkylation sites (N-methyl/N-ethyl adjacent to an activating group) is 1. The summed E-state index contributed by atoms with van der Waals surface area (Å²) in [5.74, 6) is 1.48. The Morgan fingerprint density at radius 2 is 2.04 bits per heavy atom. The average molecular weight is 516 g/mol. The third-order valence-corrected chi connectivity index (χ3v) is 4.88. The maximum atomic E-state index is 11.8. The van der Waals surface area contributed by atoms with E-state index in [-0.39, 0.29) is 36.4 Å². The number of nitrogens with one attached hydrogen (secondary N) is 2. The minimum Gasteiger partial charge on any atom is -0.496 e. The number of halogens is 1. The fraction of sp³-hybridized carbons (Fsp3) is 0.400. The van der Waals surface area contributed by atoms with E-state index < -0.39 is 0 Å². The third kappa shape index (κ3) is 8.05. The Morgan fingerprint density at radius 1 is 1.25 bits per heavy atom. The molecule has 2 aromatic rings. The molecular formula is C20H29IN4O2S. The van der Waals surface area contributed by atoms with E-state index in [2.05, 4.69) is 34.7 Å². The van der Waals surface area contributed by atoms with Gasteiger partial charge in [0.15, 0.2) is 5.96 Å². The molecule has 8 heteroatoms. The number of benzene rings is 1. The number of carbonyl (C=O) groups is 1. The molecule has 0 bridgehead atoms. The first-order chi connectivity index (χ1) is 13.0. The molecule has 2 N–H and O–H groups in total. The van der Waals surface area contributed by atoms with Crippen LogP contribution in [0.1, 0.15) is 16.0 Å². The van der Waals surface area contributed by atoms with Gasteiger partial charge in [-0.1, -0.05) is 23.8 Å². The summed E-state index contributed by atoms with van der Waals surface area (Å²) in [7, 11) is 5.14. The molecule has 0 atom stereocenters. The van der Waals surface area contributed by atoms with Crippen molar-refractivity contribution in [1.82, 2.24) is 15.5 Å². The van der Waals surface area contributed by atoms with Crippen LogP contribution in [-0.2, 0) is 17.8 Å². The number of thiophene rings is 1. The molecule has 0 spiro atoms.